The molecule has 3 rings (SSSR count). The molecule has 0 saturated heterocycles. The fourth-order valence-electron chi connectivity index (χ4n) is 3.27. The van der Waals surface area contributed by atoms with Gasteiger partial charge in [-0.3, -0.25) is 4.79 Å². The zero-order valence-corrected chi connectivity index (χ0v) is 18.5. The maximum Gasteiger partial charge on any atom is 0.419 e. The molecule has 0 amide bonds. The Morgan fingerprint density at radius 2 is 1.68 bits per heavy atom. The van der Waals surface area contributed by atoms with Gasteiger partial charge in [-0.1, -0.05) is 0 Å². The highest BCUT2D eigenvalue weighted by Crippen LogP contribution is 2.42. The van der Waals surface area contributed by atoms with Gasteiger partial charge in [-0.2, -0.15) is 17.6 Å². The second kappa shape index (κ2) is 8.70. The van der Waals surface area contributed by atoms with Crippen LogP contribution in [0.1, 0.15) is 11.3 Å². The minimum atomic E-state index is -5.13. The second-order valence-corrected chi connectivity index (χ2v) is 9.26. The standard InChI is InChI=1S/C21H16F6N2O4S/c1-9-20(34(3,28)31)15(30)8-14(29-9)10-6-13(23)11(21(25,26)27)7-17(10)33-16-5-4-12(22)18(24)19(16)32-2/h4-8,28H,1-3H3,(H,29,30)/t34-/m0/s1. The average Bonchev–Trinajstić information content (AvgIpc) is 2.69. The van der Waals surface area contributed by atoms with Crippen molar-refractivity contribution in [2.75, 3.05) is 13.4 Å². The lowest BCUT2D eigenvalue weighted by atomic mass is 10.0. The number of nitrogens with one attached hydrogen (secondary N) is 2. The molecule has 3 aromatic rings. The van der Waals surface area contributed by atoms with Crippen LogP contribution in [0.3, 0.4) is 0 Å². The van der Waals surface area contributed by atoms with Crippen LogP contribution in [0.4, 0.5) is 26.3 Å². The van der Waals surface area contributed by atoms with Crippen LogP contribution in [0.5, 0.6) is 17.2 Å². The SMILES string of the molecule is COc1c(Oc2cc(C(F)(F)F)c(F)cc2-c2cc(=O)c([S@@](C)(=N)=O)c(C)[nH]2)ccc(F)c1F. The summed E-state index contributed by atoms with van der Waals surface area (Å²) in [6.07, 6.45) is -4.13. The van der Waals surface area contributed by atoms with Gasteiger partial charge in [0.2, 0.25) is 11.6 Å². The molecule has 0 aliphatic rings. The first kappa shape index (κ1) is 25.1. The zero-order valence-electron chi connectivity index (χ0n) is 17.7. The highest BCUT2D eigenvalue weighted by molar-refractivity contribution is 7.91. The molecule has 0 radical (unpaired) electrons. The fraction of sp³-hybridized carbons (Fsp3) is 0.190. The summed E-state index contributed by atoms with van der Waals surface area (Å²) in [6.45, 7) is 1.30. The average molecular weight is 506 g/mol. The quantitative estimate of drug-likeness (QED) is 0.439. The van der Waals surface area contributed by atoms with Crippen LogP contribution in [-0.4, -0.2) is 22.6 Å². The first-order valence-corrected chi connectivity index (χ1v) is 11.2. The van der Waals surface area contributed by atoms with Crippen molar-refractivity contribution >= 4 is 9.73 Å². The van der Waals surface area contributed by atoms with Gasteiger partial charge in [0, 0.05) is 23.6 Å². The van der Waals surface area contributed by atoms with Crippen molar-refractivity contribution < 1.29 is 40.0 Å². The van der Waals surface area contributed by atoms with E-state index in [0.29, 0.717) is 18.2 Å². The van der Waals surface area contributed by atoms with E-state index < -0.39 is 67.2 Å². The van der Waals surface area contributed by atoms with Crippen LogP contribution in [0, 0.1) is 29.2 Å². The van der Waals surface area contributed by atoms with Crippen LogP contribution in [0.2, 0.25) is 0 Å². The molecule has 1 heterocycles. The number of rotatable bonds is 5. The molecular formula is C21H16F6N2O4S. The lowest BCUT2D eigenvalue weighted by molar-refractivity contribution is -0.140. The molecule has 2 aromatic carbocycles. The van der Waals surface area contributed by atoms with Crippen molar-refractivity contribution in [2.24, 2.45) is 0 Å². The highest BCUT2D eigenvalue weighted by Gasteiger charge is 2.36. The van der Waals surface area contributed by atoms with Crippen molar-refractivity contribution in [1.82, 2.24) is 4.98 Å². The van der Waals surface area contributed by atoms with E-state index in [9.17, 15) is 35.3 Å². The number of ether oxygens (including phenoxy) is 2. The summed E-state index contributed by atoms with van der Waals surface area (Å²) in [5.74, 6) is -6.45. The molecule has 34 heavy (non-hydrogen) atoms. The molecule has 6 nitrogen and oxygen atoms in total. The summed E-state index contributed by atoms with van der Waals surface area (Å²) in [4.78, 5) is 14.7. The zero-order chi connectivity index (χ0) is 25.6. The van der Waals surface area contributed by atoms with Crippen LogP contribution < -0.4 is 14.9 Å². The van der Waals surface area contributed by atoms with E-state index in [0.717, 1.165) is 25.5 Å². The molecule has 0 fully saturated rings. The van der Waals surface area contributed by atoms with E-state index in [1.807, 2.05) is 0 Å². The number of alkyl halides is 3. The molecule has 1 aromatic heterocycles. The van der Waals surface area contributed by atoms with Crippen LogP contribution >= 0.6 is 0 Å². The van der Waals surface area contributed by atoms with Crippen molar-refractivity contribution in [3.8, 4) is 28.5 Å². The normalized spacial score (nSPS) is 13.4. The number of hydrogen-bond donors (Lipinski definition) is 2. The van der Waals surface area contributed by atoms with Gasteiger partial charge in [0.05, 0.1) is 28.1 Å². The monoisotopic (exact) mass is 506 g/mol. The largest absolute Gasteiger partial charge is 0.490 e. The molecule has 1 atom stereocenters. The highest BCUT2D eigenvalue weighted by atomic mass is 32.2. The summed E-state index contributed by atoms with van der Waals surface area (Å²) in [5, 5.41) is 0. The minimum Gasteiger partial charge on any atom is -0.490 e. The summed E-state index contributed by atoms with van der Waals surface area (Å²) in [5.41, 5.74) is -3.27. The summed E-state index contributed by atoms with van der Waals surface area (Å²) < 4.78 is 112. The molecule has 0 aliphatic heterocycles. The number of aryl methyl sites for hydroxylation is 1. The van der Waals surface area contributed by atoms with Gasteiger partial charge in [-0.25, -0.2) is 17.8 Å². The Balaban J connectivity index is 2.31. The molecule has 0 saturated carbocycles. The van der Waals surface area contributed by atoms with Crippen molar-refractivity contribution in [3.63, 3.8) is 0 Å². The van der Waals surface area contributed by atoms with Gasteiger partial charge in [-0.15, -0.1) is 0 Å². The van der Waals surface area contributed by atoms with E-state index in [2.05, 4.69) is 4.98 Å². The van der Waals surface area contributed by atoms with E-state index in [-0.39, 0.29) is 16.3 Å². The molecule has 0 aliphatic carbocycles. The summed E-state index contributed by atoms with van der Waals surface area (Å²) >= 11 is 0. The van der Waals surface area contributed by atoms with Crippen LogP contribution in [0.25, 0.3) is 11.3 Å². The van der Waals surface area contributed by atoms with Crippen molar-refractivity contribution in [1.29, 1.82) is 4.78 Å². The number of H-pyrrole nitrogens is 1. The first-order chi connectivity index (χ1) is 15.6. The lowest BCUT2D eigenvalue weighted by Crippen LogP contribution is -2.16. The number of benzene rings is 2. The number of halogens is 6. The molecule has 2 N–H and O–H groups in total. The van der Waals surface area contributed by atoms with Crippen LogP contribution in [-0.2, 0) is 15.9 Å². The number of hydrogen-bond acceptors (Lipinski definition) is 5. The Kier molecular flexibility index (Phi) is 6.44. The van der Waals surface area contributed by atoms with Crippen molar-refractivity contribution in [2.45, 2.75) is 18.0 Å². The third kappa shape index (κ3) is 4.74. The molecule has 0 spiro atoms. The number of aromatic nitrogens is 1. The maximum absolute atomic E-state index is 14.4. The molecule has 0 bridgehead atoms. The third-order valence-electron chi connectivity index (χ3n) is 4.65. The topological polar surface area (TPSA) is 92.2 Å². The number of pyridine rings is 1. The van der Waals surface area contributed by atoms with Gasteiger partial charge < -0.3 is 14.5 Å². The maximum atomic E-state index is 14.4. The number of methoxy groups -OCH3 is 1. The van der Waals surface area contributed by atoms with E-state index in [1.165, 1.54) is 6.92 Å². The second-order valence-electron chi connectivity index (χ2n) is 7.17. The van der Waals surface area contributed by atoms with Gasteiger partial charge >= 0.3 is 6.18 Å². The van der Waals surface area contributed by atoms with E-state index in [1.54, 1.807) is 0 Å². The lowest BCUT2D eigenvalue weighted by Gasteiger charge is -2.18. The predicted octanol–water partition coefficient (Wildman–Crippen LogP) is 5.62. The Morgan fingerprint density at radius 3 is 2.21 bits per heavy atom. The number of aromatic amines is 1. The molecule has 182 valence electrons. The third-order valence-corrected chi connectivity index (χ3v) is 5.94. The van der Waals surface area contributed by atoms with Crippen molar-refractivity contribution in [3.05, 3.63) is 69.3 Å². The molecule has 0 unspecified atom stereocenters. The van der Waals surface area contributed by atoms with E-state index >= 15 is 0 Å². The van der Waals surface area contributed by atoms with Gasteiger partial charge in [0.1, 0.15) is 16.5 Å². The predicted molar refractivity (Wildman–Crippen MR) is 110 cm³/mol. The fourth-order valence-corrected chi connectivity index (χ4v) is 4.35. The van der Waals surface area contributed by atoms with Gasteiger partial charge in [-0.05, 0) is 31.2 Å². The summed E-state index contributed by atoms with van der Waals surface area (Å²) in [6, 6.07) is 3.09. The smallest absolute Gasteiger partial charge is 0.419 e. The Morgan fingerprint density at radius 1 is 1.03 bits per heavy atom. The molecule has 13 heteroatoms. The Labute approximate surface area is 189 Å². The Hall–Kier alpha value is -3.48. The molecular weight excluding hydrogens is 490 g/mol. The van der Waals surface area contributed by atoms with Gasteiger partial charge in [0.25, 0.3) is 0 Å². The first-order valence-electron chi connectivity index (χ1n) is 9.23. The minimum absolute atomic E-state index is 0.0401. The van der Waals surface area contributed by atoms with Gasteiger partial charge in [0.15, 0.2) is 17.0 Å². The van der Waals surface area contributed by atoms with E-state index in [4.69, 9.17) is 14.3 Å². The van der Waals surface area contributed by atoms with Crippen LogP contribution in [0.15, 0.2) is 40.0 Å². The summed E-state index contributed by atoms with van der Waals surface area (Å²) in [7, 11) is -2.49. The Bertz CT molecular complexity index is 1450.